The summed E-state index contributed by atoms with van der Waals surface area (Å²) in [6.07, 6.45) is 0. The highest BCUT2D eigenvalue weighted by Crippen LogP contribution is 2.27. The van der Waals surface area contributed by atoms with Crippen LogP contribution in [0, 0.1) is 11.3 Å². The lowest BCUT2D eigenvalue weighted by molar-refractivity contribution is 0.302. The van der Waals surface area contributed by atoms with Gasteiger partial charge in [0.15, 0.2) is 11.5 Å². The summed E-state index contributed by atoms with van der Waals surface area (Å²) in [5.74, 6) is 1.01. The van der Waals surface area contributed by atoms with E-state index in [0.717, 1.165) is 0 Å². The number of nitriles is 1. The van der Waals surface area contributed by atoms with Crippen molar-refractivity contribution >= 4 is 0 Å². The van der Waals surface area contributed by atoms with E-state index in [2.05, 4.69) is 10.0 Å². The Morgan fingerprint density at radius 2 is 2.31 bits per heavy atom. The number of hydrogen-bond acceptors (Lipinski definition) is 4. The number of hydrogen-bond donors (Lipinski definition) is 0. The van der Waals surface area contributed by atoms with Gasteiger partial charge in [-0.3, -0.25) is 0 Å². The van der Waals surface area contributed by atoms with Crippen molar-refractivity contribution in [1.82, 2.24) is 0 Å². The first-order valence-electron chi connectivity index (χ1n) is 4.53. The first kappa shape index (κ1) is 11.7. The first-order valence-corrected chi connectivity index (χ1v) is 4.53. The van der Waals surface area contributed by atoms with Gasteiger partial charge < -0.3 is 9.47 Å². The molecule has 0 aliphatic carbocycles. The quantitative estimate of drug-likeness (QED) is 0.328. The third-order valence-electron chi connectivity index (χ3n) is 1.80. The monoisotopic (exact) mass is 218 g/mol. The van der Waals surface area contributed by atoms with Crippen molar-refractivity contribution in [3.05, 3.63) is 34.2 Å². The number of benzene rings is 1. The molecule has 0 aromatic heterocycles. The molecule has 0 unspecified atom stereocenters. The van der Waals surface area contributed by atoms with Crippen LogP contribution >= 0.6 is 0 Å². The fourth-order valence-corrected chi connectivity index (χ4v) is 1.10. The Bertz CT molecular complexity index is 447. The zero-order valence-corrected chi connectivity index (χ0v) is 8.75. The molecule has 0 fully saturated rings. The van der Waals surface area contributed by atoms with Gasteiger partial charge in [-0.2, -0.15) is 5.26 Å². The maximum atomic E-state index is 8.69. The predicted octanol–water partition coefficient (Wildman–Crippen LogP) is 2.26. The van der Waals surface area contributed by atoms with E-state index in [1.165, 1.54) is 7.11 Å². The lowest BCUT2D eigenvalue weighted by Crippen LogP contribution is -2.01. The normalized spacial score (nSPS) is 8.75. The van der Waals surface area contributed by atoms with E-state index in [9.17, 15) is 0 Å². The molecule has 6 nitrogen and oxygen atoms in total. The number of ether oxygens (including phenoxy) is 2. The van der Waals surface area contributed by atoms with Crippen LogP contribution in [0.4, 0.5) is 0 Å². The van der Waals surface area contributed by atoms with Gasteiger partial charge in [-0.25, -0.2) is 0 Å². The first-order chi connectivity index (χ1) is 7.81. The molecule has 6 heteroatoms. The average molecular weight is 218 g/mol. The van der Waals surface area contributed by atoms with Gasteiger partial charge in [-0.15, -0.1) is 0 Å². The molecular formula is C10H10N4O2. The highest BCUT2D eigenvalue weighted by molar-refractivity contribution is 5.46. The second-order valence-corrected chi connectivity index (χ2v) is 2.78. The molecule has 0 saturated heterocycles. The molecule has 1 rings (SSSR count). The number of methoxy groups -OCH3 is 1. The molecule has 0 amide bonds. The van der Waals surface area contributed by atoms with Gasteiger partial charge in [0.05, 0.1) is 31.9 Å². The van der Waals surface area contributed by atoms with E-state index >= 15 is 0 Å². The summed E-state index contributed by atoms with van der Waals surface area (Å²) in [7, 11) is 1.50. The zero-order chi connectivity index (χ0) is 11.8. The molecule has 82 valence electrons. The average Bonchev–Trinajstić information content (AvgIpc) is 2.34. The fraction of sp³-hybridized carbons (Fsp3) is 0.300. The molecule has 0 heterocycles. The Morgan fingerprint density at radius 3 is 2.94 bits per heavy atom. The standard InChI is InChI=1S/C10H10N4O2/c1-15-10-6-8(7-11)2-3-9(10)16-5-4-13-14-12/h2-3,6H,4-5H2,1H3. The van der Waals surface area contributed by atoms with Gasteiger partial charge in [0.1, 0.15) is 0 Å². The van der Waals surface area contributed by atoms with Crippen molar-refractivity contribution in [2.24, 2.45) is 5.11 Å². The van der Waals surface area contributed by atoms with Crippen LogP contribution in [0.25, 0.3) is 10.4 Å². The van der Waals surface area contributed by atoms with Gasteiger partial charge in [0.25, 0.3) is 0 Å². The Balaban J connectivity index is 2.72. The summed E-state index contributed by atoms with van der Waals surface area (Å²) in [5, 5.41) is 12.0. The van der Waals surface area contributed by atoms with E-state index in [1.807, 2.05) is 6.07 Å². The van der Waals surface area contributed by atoms with E-state index in [4.69, 9.17) is 20.3 Å². The minimum Gasteiger partial charge on any atom is -0.493 e. The van der Waals surface area contributed by atoms with Crippen LogP contribution in [0.15, 0.2) is 23.3 Å². The lowest BCUT2D eigenvalue weighted by Gasteiger charge is -2.09. The highest BCUT2D eigenvalue weighted by Gasteiger charge is 2.04. The SMILES string of the molecule is COc1cc(C#N)ccc1OCCN=[N+]=[N-]. The predicted molar refractivity (Wildman–Crippen MR) is 57.2 cm³/mol. The number of nitrogens with zero attached hydrogens (tertiary/aromatic N) is 4. The second-order valence-electron chi connectivity index (χ2n) is 2.78. The molecule has 0 bridgehead atoms. The van der Waals surface area contributed by atoms with Crippen LogP contribution in [0.1, 0.15) is 5.56 Å². The molecule has 1 aromatic rings. The molecule has 1 aromatic carbocycles. The van der Waals surface area contributed by atoms with Gasteiger partial charge in [-0.05, 0) is 17.7 Å². The van der Waals surface area contributed by atoms with E-state index < -0.39 is 0 Å². The van der Waals surface area contributed by atoms with Gasteiger partial charge >= 0.3 is 0 Å². The summed E-state index contributed by atoms with van der Waals surface area (Å²) >= 11 is 0. The smallest absolute Gasteiger partial charge is 0.162 e. The molecule has 0 aliphatic rings. The van der Waals surface area contributed by atoms with Crippen LogP contribution in [0.2, 0.25) is 0 Å². The van der Waals surface area contributed by atoms with Crippen molar-refractivity contribution in [2.75, 3.05) is 20.3 Å². The van der Waals surface area contributed by atoms with Crippen molar-refractivity contribution in [3.8, 4) is 17.6 Å². The minimum absolute atomic E-state index is 0.250. The minimum atomic E-state index is 0.250. The molecule has 16 heavy (non-hydrogen) atoms. The Labute approximate surface area is 92.6 Å². The molecule has 0 saturated carbocycles. The summed E-state index contributed by atoms with van der Waals surface area (Å²) < 4.78 is 10.4. The van der Waals surface area contributed by atoms with Crippen LogP contribution in [-0.2, 0) is 0 Å². The van der Waals surface area contributed by atoms with Crippen LogP contribution < -0.4 is 9.47 Å². The molecule has 0 N–H and O–H groups in total. The maximum absolute atomic E-state index is 8.69. The van der Waals surface area contributed by atoms with Crippen LogP contribution in [0.5, 0.6) is 11.5 Å². The molecule has 0 atom stereocenters. The van der Waals surface area contributed by atoms with Crippen LogP contribution in [0.3, 0.4) is 0 Å². The van der Waals surface area contributed by atoms with Gasteiger partial charge in [0, 0.05) is 11.0 Å². The summed E-state index contributed by atoms with van der Waals surface area (Å²) in [6.45, 7) is 0.520. The zero-order valence-electron chi connectivity index (χ0n) is 8.75. The van der Waals surface area contributed by atoms with Crippen molar-refractivity contribution in [3.63, 3.8) is 0 Å². The van der Waals surface area contributed by atoms with Crippen LogP contribution in [-0.4, -0.2) is 20.3 Å². The van der Waals surface area contributed by atoms with Crippen molar-refractivity contribution in [2.45, 2.75) is 0 Å². The third kappa shape index (κ3) is 3.08. The number of azide groups is 1. The topological polar surface area (TPSA) is 91.0 Å². The fourth-order valence-electron chi connectivity index (χ4n) is 1.10. The molecule has 0 radical (unpaired) electrons. The molecule has 0 spiro atoms. The van der Waals surface area contributed by atoms with E-state index in [-0.39, 0.29) is 13.2 Å². The second kappa shape index (κ2) is 6.17. The Kier molecular flexibility index (Phi) is 4.51. The highest BCUT2D eigenvalue weighted by atomic mass is 16.5. The lowest BCUT2D eigenvalue weighted by atomic mass is 10.2. The number of rotatable bonds is 5. The maximum Gasteiger partial charge on any atom is 0.162 e. The Morgan fingerprint density at radius 1 is 1.50 bits per heavy atom. The largest absolute Gasteiger partial charge is 0.493 e. The van der Waals surface area contributed by atoms with E-state index in [0.29, 0.717) is 17.1 Å². The van der Waals surface area contributed by atoms with E-state index in [1.54, 1.807) is 18.2 Å². The molecular weight excluding hydrogens is 208 g/mol. The Hall–Kier alpha value is -2.38. The van der Waals surface area contributed by atoms with Crippen molar-refractivity contribution in [1.29, 1.82) is 5.26 Å². The van der Waals surface area contributed by atoms with Gasteiger partial charge in [0.2, 0.25) is 0 Å². The summed E-state index contributed by atoms with van der Waals surface area (Å²) in [6, 6.07) is 6.87. The molecule has 0 aliphatic heterocycles. The summed E-state index contributed by atoms with van der Waals surface area (Å²) in [5.41, 5.74) is 8.57. The third-order valence-corrected chi connectivity index (χ3v) is 1.80. The van der Waals surface area contributed by atoms with Gasteiger partial charge in [-0.1, -0.05) is 5.11 Å². The van der Waals surface area contributed by atoms with Crippen molar-refractivity contribution < 1.29 is 9.47 Å². The summed E-state index contributed by atoms with van der Waals surface area (Å²) in [4.78, 5) is 2.61.